The summed E-state index contributed by atoms with van der Waals surface area (Å²) in [5, 5.41) is 52.2. The Morgan fingerprint density at radius 1 is 0.727 bits per heavy atom. The van der Waals surface area contributed by atoms with Crippen LogP contribution in [0.3, 0.4) is 0 Å². The Hall–Kier alpha value is -2.89. The van der Waals surface area contributed by atoms with E-state index in [-0.39, 0.29) is 18.9 Å². The zero-order valence-electron chi connectivity index (χ0n) is 26.4. The molecule has 1 fully saturated rings. The van der Waals surface area contributed by atoms with Crippen LogP contribution in [0.5, 0.6) is 0 Å². The minimum Gasteiger partial charge on any atom is -0.394 e. The number of aliphatic hydroxyl groups is 4. The summed E-state index contributed by atoms with van der Waals surface area (Å²) in [7, 11) is 0. The molecule has 16 heteroatoms. The summed E-state index contributed by atoms with van der Waals surface area (Å²) >= 11 is 0. The maximum Gasteiger partial charge on any atom is 0.243 e. The number of nitrogens with one attached hydrogen (secondary N) is 5. The topological polar surface area (TPSA) is 262 Å². The first-order valence-corrected chi connectivity index (χ1v) is 15.2. The van der Waals surface area contributed by atoms with Gasteiger partial charge in [0.2, 0.25) is 29.5 Å². The first kappa shape index (κ1) is 39.1. The summed E-state index contributed by atoms with van der Waals surface area (Å²) in [5.74, 6) is -3.34. The average Bonchev–Trinajstić information content (AvgIpc) is 2.99. The zero-order valence-corrected chi connectivity index (χ0v) is 26.4. The fourth-order valence-electron chi connectivity index (χ4n) is 4.51. The molecule has 44 heavy (non-hydrogen) atoms. The lowest BCUT2D eigenvalue weighted by atomic mass is 9.95. The summed E-state index contributed by atoms with van der Waals surface area (Å²) in [4.78, 5) is 64.1. The van der Waals surface area contributed by atoms with Gasteiger partial charge in [-0.15, -0.1) is 0 Å². The van der Waals surface area contributed by atoms with Crippen molar-refractivity contribution in [1.82, 2.24) is 26.6 Å². The van der Waals surface area contributed by atoms with Crippen LogP contribution in [0.15, 0.2) is 0 Å². The lowest BCUT2D eigenvalue weighted by Gasteiger charge is -2.40. The molecule has 1 rings (SSSR count). The van der Waals surface area contributed by atoms with Crippen molar-refractivity contribution in [3.8, 4) is 0 Å². The summed E-state index contributed by atoms with van der Waals surface area (Å²) in [5.41, 5.74) is 5.77. The first-order valence-electron chi connectivity index (χ1n) is 15.2. The van der Waals surface area contributed by atoms with Gasteiger partial charge in [0.1, 0.15) is 54.7 Å². The normalized spacial score (nSPS) is 25.1. The molecule has 1 heterocycles. The van der Waals surface area contributed by atoms with Crippen LogP contribution in [-0.2, 0) is 28.7 Å². The Kier molecular flexibility index (Phi) is 16.7. The van der Waals surface area contributed by atoms with E-state index in [1.165, 1.54) is 6.92 Å². The van der Waals surface area contributed by atoms with E-state index in [1.54, 1.807) is 27.7 Å². The van der Waals surface area contributed by atoms with Gasteiger partial charge in [-0.3, -0.25) is 24.0 Å². The highest BCUT2D eigenvalue weighted by Gasteiger charge is 2.43. The van der Waals surface area contributed by atoms with Crippen LogP contribution in [0.1, 0.15) is 67.2 Å². The van der Waals surface area contributed by atoms with Crippen LogP contribution in [0.2, 0.25) is 0 Å². The van der Waals surface area contributed by atoms with E-state index in [4.69, 9.17) is 10.5 Å². The Morgan fingerprint density at radius 3 is 1.82 bits per heavy atom. The van der Waals surface area contributed by atoms with Crippen molar-refractivity contribution >= 4 is 29.5 Å². The molecule has 0 aromatic heterocycles. The van der Waals surface area contributed by atoms with Crippen LogP contribution >= 0.6 is 0 Å². The Labute approximate surface area is 258 Å². The van der Waals surface area contributed by atoms with Crippen molar-refractivity contribution in [2.75, 3.05) is 13.2 Å². The van der Waals surface area contributed by atoms with Gasteiger partial charge in [0.05, 0.1) is 12.6 Å². The number of rotatable bonds is 17. The van der Waals surface area contributed by atoms with E-state index >= 15 is 0 Å². The highest BCUT2D eigenvalue weighted by molar-refractivity contribution is 5.95. The van der Waals surface area contributed by atoms with Crippen molar-refractivity contribution < 1.29 is 49.1 Å². The molecule has 0 bridgehead atoms. The minimum absolute atomic E-state index is 0.166. The third kappa shape index (κ3) is 11.2. The molecule has 2 unspecified atom stereocenters. The molecular formula is C28H52N6O10. The predicted octanol–water partition coefficient (Wildman–Crippen LogP) is -3.49. The van der Waals surface area contributed by atoms with E-state index in [0.29, 0.717) is 19.3 Å². The molecule has 10 atom stereocenters. The molecule has 1 aliphatic heterocycles. The largest absolute Gasteiger partial charge is 0.394 e. The van der Waals surface area contributed by atoms with Crippen molar-refractivity contribution in [2.24, 2.45) is 11.7 Å². The molecule has 0 spiro atoms. The third-order valence-corrected chi connectivity index (χ3v) is 7.50. The van der Waals surface area contributed by atoms with Gasteiger partial charge < -0.3 is 57.5 Å². The van der Waals surface area contributed by atoms with Gasteiger partial charge in [0, 0.05) is 6.54 Å². The predicted molar refractivity (Wildman–Crippen MR) is 158 cm³/mol. The van der Waals surface area contributed by atoms with Crippen molar-refractivity contribution in [3.63, 3.8) is 0 Å². The summed E-state index contributed by atoms with van der Waals surface area (Å²) in [6.45, 7) is 9.18. The maximum atomic E-state index is 13.2. The molecule has 1 aliphatic rings. The maximum absolute atomic E-state index is 13.2. The van der Waals surface area contributed by atoms with Gasteiger partial charge >= 0.3 is 0 Å². The number of nitrogens with two attached hydrogens (primary N) is 1. The van der Waals surface area contributed by atoms with Gasteiger partial charge in [-0.1, -0.05) is 41.0 Å². The van der Waals surface area contributed by atoms with Gasteiger partial charge in [0.25, 0.3) is 0 Å². The van der Waals surface area contributed by atoms with Gasteiger partial charge in [-0.05, 0) is 32.1 Å². The Bertz CT molecular complexity index is 967. The highest BCUT2D eigenvalue weighted by Crippen LogP contribution is 2.20. The number of ether oxygens (including phenoxy) is 1. The molecule has 16 nitrogen and oxygen atoms in total. The van der Waals surface area contributed by atoms with Crippen LogP contribution in [0.4, 0.5) is 0 Å². The molecule has 0 radical (unpaired) electrons. The van der Waals surface area contributed by atoms with Crippen molar-refractivity contribution in [3.05, 3.63) is 0 Å². The third-order valence-electron chi connectivity index (χ3n) is 7.50. The van der Waals surface area contributed by atoms with Gasteiger partial charge in [-0.2, -0.15) is 0 Å². The number of amides is 5. The number of carbonyl (C=O) groups is 5. The summed E-state index contributed by atoms with van der Waals surface area (Å²) in [6, 6.07) is -4.82. The molecule has 254 valence electrons. The fourth-order valence-corrected chi connectivity index (χ4v) is 4.51. The van der Waals surface area contributed by atoms with Crippen molar-refractivity contribution in [2.45, 2.75) is 128 Å². The lowest BCUT2D eigenvalue weighted by Crippen LogP contribution is -2.61. The average molecular weight is 633 g/mol. The molecule has 11 N–H and O–H groups in total. The summed E-state index contributed by atoms with van der Waals surface area (Å²) in [6.07, 6.45) is -5.44. The number of hydrogen-bond acceptors (Lipinski definition) is 11. The van der Waals surface area contributed by atoms with E-state index in [2.05, 4.69) is 26.6 Å². The van der Waals surface area contributed by atoms with Crippen LogP contribution < -0.4 is 32.3 Å². The quantitative estimate of drug-likeness (QED) is 0.0752. The van der Waals surface area contributed by atoms with Crippen LogP contribution in [-0.4, -0.2) is 124 Å². The zero-order chi connectivity index (χ0) is 33.7. The van der Waals surface area contributed by atoms with E-state index in [9.17, 15) is 44.4 Å². The first-order chi connectivity index (χ1) is 20.6. The van der Waals surface area contributed by atoms with Crippen LogP contribution in [0.25, 0.3) is 0 Å². The van der Waals surface area contributed by atoms with E-state index in [0.717, 1.165) is 0 Å². The molecule has 5 amide bonds. The summed E-state index contributed by atoms with van der Waals surface area (Å²) < 4.78 is 5.36. The van der Waals surface area contributed by atoms with Crippen molar-refractivity contribution in [1.29, 1.82) is 0 Å². The number of carbonyl (C=O) groups excluding carboxylic acids is 5. The Balaban J connectivity index is 2.79. The Morgan fingerprint density at radius 2 is 1.30 bits per heavy atom. The second-order valence-corrected chi connectivity index (χ2v) is 11.4. The molecule has 0 aromatic carbocycles. The minimum atomic E-state index is -1.59. The SMILES string of the molecule is CCC[C@H](NC(=O)[C@@H](N)CC)C(=O)N[C@H](C(=O)N[C@@H](CC)C(=O)N[C@@H](C)C(=O)NC[C@@H]1O[C@H](CO)C(O)C(O)[C@@H]1O)C(C)C. The van der Waals surface area contributed by atoms with Gasteiger partial charge in [0.15, 0.2) is 0 Å². The number of hydrogen-bond donors (Lipinski definition) is 10. The molecule has 0 aromatic rings. The van der Waals surface area contributed by atoms with E-state index in [1.807, 2.05) is 6.92 Å². The second kappa shape index (κ2) is 18.8. The molecule has 1 saturated heterocycles. The fraction of sp³-hybridized carbons (Fsp3) is 0.821. The van der Waals surface area contributed by atoms with E-state index < -0.39 is 96.9 Å². The van der Waals surface area contributed by atoms with Gasteiger partial charge in [-0.25, -0.2) is 0 Å². The second-order valence-electron chi connectivity index (χ2n) is 11.4. The smallest absolute Gasteiger partial charge is 0.243 e. The number of aliphatic hydroxyl groups excluding tert-OH is 4. The molecular weight excluding hydrogens is 580 g/mol. The highest BCUT2D eigenvalue weighted by atomic mass is 16.5. The standard InChI is InChI=1S/C28H52N6O10/c1-7-10-17(33-25(40)15(29)8-2)27(42)34-20(13(4)5)28(43)32-16(9-3)26(41)31-14(6)24(39)30-11-18-21(36)23(38)22(37)19(12-35)44-18/h13-23,35-38H,7-12,29H2,1-6H3,(H,30,39)(H,31,41)(H,32,43)(H,33,40)(H,34,42)/t14-,15-,16-,17-,18-,19+,20-,21+,22?,23?/m0/s1. The monoisotopic (exact) mass is 632 g/mol. The molecule has 0 aliphatic carbocycles. The lowest BCUT2D eigenvalue weighted by molar-refractivity contribution is -0.227. The van der Waals surface area contributed by atoms with Crippen LogP contribution in [0, 0.1) is 5.92 Å². The molecule has 0 saturated carbocycles.